The number of hydrogen-bond acceptors (Lipinski definition) is 2. The molecule has 0 amide bonds. The van der Waals surface area contributed by atoms with Gasteiger partial charge in [-0.3, -0.25) is 9.78 Å². The third-order valence-corrected chi connectivity index (χ3v) is 1.94. The second-order valence-electron chi connectivity index (χ2n) is 3.43. The average Bonchev–Trinajstić information content (AvgIpc) is 2.01. The van der Waals surface area contributed by atoms with Gasteiger partial charge in [-0.25, -0.2) is 0 Å². The molecule has 0 aliphatic rings. The van der Waals surface area contributed by atoms with E-state index < -0.39 is 5.97 Å². The van der Waals surface area contributed by atoms with Crippen LogP contribution in [0.25, 0.3) is 0 Å². The first-order valence-electron chi connectivity index (χ1n) is 4.80. The molecule has 1 heterocycles. The largest absolute Gasteiger partial charge is 0.481 e. The van der Waals surface area contributed by atoms with Gasteiger partial charge < -0.3 is 5.11 Å². The van der Waals surface area contributed by atoms with Crippen LogP contribution < -0.4 is 0 Å². The molecule has 0 aliphatic heterocycles. The Morgan fingerprint density at radius 2 is 2.21 bits per heavy atom. The molecular formula is C11H15NO2. The summed E-state index contributed by atoms with van der Waals surface area (Å²) in [5, 5.41) is 8.64. The number of aliphatic carboxylic acids is 1. The van der Waals surface area contributed by atoms with E-state index in [-0.39, 0.29) is 6.42 Å². The molecule has 0 saturated carbocycles. The highest BCUT2D eigenvalue weighted by Gasteiger charge is 2.04. The minimum atomic E-state index is -0.828. The van der Waals surface area contributed by atoms with Crippen LogP contribution in [-0.4, -0.2) is 16.1 Å². The molecule has 1 N–H and O–H groups in total. The number of hydrogen-bond donors (Lipinski definition) is 1. The lowest BCUT2D eigenvalue weighted by Gasteiger charge is -2.03. The van der Waals surface area contributed by atoms with Crippen LogP contribution in [0.1, 0.15) is 30.3 Å². The number of nitrogens with zero attached hydrogens (tertiary/aromatic N) is 1. The molecule has 0 unspecified atom stereocenters. The van der Waals surface area contributed by atoms with Gasteiger partial charge in [0.05, 0.1) is 12.1 Å². The van der Waals surface area contributed by atoms with Crippen LogP contribution in [0.4, 0.5) is 0 Å². The summed E-state index contributed by atoms with van der Waals surface area (Å²) >= 11 is 0. The second kappa shape index (κ2) is 4.74. The maximum Gasteiger partial charge on any atom is 0.309 e. The van der Waals surface area contributed by atoms with E-state index in [0.29, 0.717) is 5.69 Å². The average molecular weight is 193 g/mol. The molecule has 3 heteroatoms. The van der Waals surface area contributed by atoms with Gasteiger partial charge in [0, 0.05) is 5.69 Å². The molecule has 76 valence electrons. The highest BCUT2D eigenvalue weighted by Crippen LogP contribution is 2.08. The number of carboxylic acid groups (broad SMARTS) is 1. The first kappa shape index (κ1) is 10.7. The Labute approximate surface area is 83.8 Å². The maximum absolute atomic E-state index is 10.5. The molecule has 1 aromatic rings. The fourth-order valence-electron chi connectivity index (χ4n) is 1.49. The van der Waals surface area contributed by atoms with Crippen molar-refractivity contribution < 1.29 is 9.90 Å². The smallest absolute Gasteiger partial charge is 0.309 e. The lowest BCUT2D eigenvalue weighted by molar-refractivity contribution is -0.136. The van der Waals surface area contributed by atoms with Gasteiger partial charge in [0.1, 0.15) is 0 Å². The predicted octanol–water partition coefficient (Wildman–Crippen LogP) is 1.97. The Morgan fingerprint density at radius 1 is 1.50 bits per heavy atom. The van der Waals surface area contributed by atoms with Crippen molar-refractivity contribution in [3.05, 3.63) is 29.1 Å². The van der Waals surface area contributed by atoms with Crippen molar-refractivity contribution in [3.63, 3.8) is 0 Å². The number of carboxylic acids is 1. The van der Waals surface area contributed by atoms with E-state index in [1.54, 1.807) is 0 Å². The normalized spacial score (nSPS) is 10.1. The summed E-state index contributed by atoms with van der Waals surface area (Å²) in [4.78, 5) is 14.7. The van der Waals surface area contributed by atoms with E-state index in [4.69, 9.17) is 5.11 Å². The molecule has 0 saturated heterocycles. The Bertz CT molecular complexity index is 334. The van der Waals surface area contributed by atoms with Gasteiger partial charge in [-0.05, 0) is 31.0 Å². The zero-order chi connectivity index (χ0) is 10.6. The van der Waals surface area contributed by atoms with Crippen LogP contribution >= 0.6 is 0 Å². The molecule has 0 fully saturated rings. The fourth-order valence-corrected chi connectivity index (χ4v) is 1.49. The third kappa shape index (κ3) is 3.17. The summed E-state index contributed by atoms with van der Waals surface area (Å²) < 4.78 is 0. The summed E-state index contributed by atoms with van der Waals surface area (Å²) in [6.07, 6.45) is 2.06. The molecule has 0 atom stereocenters. The minimum Gasteiger partial charge on any atom is -0.481 e. The maximum atomic E-state index is 10.5. The molecule has 0 spiro atoms. The number of carbonyl (C=O) groups is 1. The molecule has 1 rings (SSSR count). The van der Waals surface area contributed by atoms with E-state index in [2.05, 4.69) is 11.9 Å². The van der Waals surface area contributed by atoms with Crippen LogP contribution in [0.3, 0.4) is 0 Å². The monoisotopic (exact) mass is 193 g/mol. The van der Waals surface area contributed by atoms with E-state index in [0.717, 1.165) is 18.5 Å². The molecule has 14 heavy (non-hydrogen) atoms. The van der Waals surface area contributed by atoms with E-state index in [1.165, 1.54) is 5.56 Å². The van der Waals surface area contributed by atoms with Crippen molar-refractivity contribution >= 4 is 5.97 Å². The summed E-state index contributed by atoms with van der Waals surface area (Å²) in [6.45, 7) is 4.00. The van der Waals surface area contributed by atoms with Gasteiger partial charge in [0.15, 0.2) is 0 Å². The zero-order valence-corrected chi connectivity index (χ0v) is 8.58. The minimum absolute atomic E-state index is 0.0123. The molecular weight excluding hydrogens is 178 g/mol. The molecule has 0 aliphatic carbocycles. The van der Waals surface area contributed by atoms with Crippen LogP contribution in [-0.2, 0) is 17.6 Å². The second-order valence-corrected chi connectivity index (χ2v) is 3.43. The number of aromatic nitrogens is 1. The van der Waals surface area contributed by atoms with Gasteiger partial charge in [0.2, 0.25) is 0 Å². The van der Waals surface area contributed by atoms with E-state index in [9.17, 15) is 4.79 Å². The summed E-state index contributed by atoms with van der Waals surface area (Å²) in [7, 11) is 0. The van der Waals surface area contributed by atoms with Gasteiger partial charge >= 0.3 is 5.97 Å². The van der Waals surface area contributed by atoms with E-state index >= 15 is 0 Å². The Hall–Kier alpha value is -1.38. The van der Waals surface area contributed by atoms with Crippen molar-refractivity contribution in [1.82, 2.24) is 4.98 Å². The number of pyridine rings is 1. The van der Waals surface area contributed by atoms with Crippen molar-refractivity contribution in [2.75, 3.05) is 0 Å². The molecule has 0 aromatic carbocycles. The molecule has 1 aromatic heterocycles. The van der Waals surface area contributed by atoms with Crippen LogP contribution in [0, 0.1) is 6.92 Å². The van der Waals surface area contributed by atoms with Gasteiger partial charge in [-0.1, -0.05) is 13.3 Å². The first-order valence-corrected chi connectivity index (χ1v) is 4.80. The summed E-state index contributed by atoms with van der Waals surface area (Å²) in [6, 6.07) is 3.89. The Balaban J connectivity index is 2.88. The lowest BCUT2D eigenvalue weighted by Crippen LogP contribution is -2.04. The number of aryl methyl sites for hydroxylation is 2. The van der Waals surface area contributed by atoms with Crippen molar-refractivity contribution in [2.24, 2.45) is 0 Å². The Morgan fingerprint density at radius 3 is 2.79 bits per heavy atom. The molecule has 3 nitrogen and oxygen atoms in total. The summed E-state index contributed by atoms with van der Waals surface area (Å²) in [5.41, 5.74) is 2.73. The SMILES string of the molecule is CCCc1cc(C)nc(CC(=O)O)c1. The van der Waals surface area contributed by atoms with Crippen molar-refractivity contribution in [3.8, 4) is 0 Å². The first-order chi connectivity index (χ1) is 6.61. The molecule has 0 radical (unpaired) electrons. The van der Waals surface area contributed by atoms with Crippen molar-refractivity contribution in [2.45, 2.75) is 33.1 Å². The van der Waals surface area contributed by atoms with Gasteiger partial charge in [0.25, 0.3) is 0 Å². The Kier molecular flexibility index (Phi) is 3.63. The highest BCUT2D eigenvalue weighted by atomic mass is 16.4. The zero-order valence-electron chi connectivity index (χ0n) is 8.58. The number of rotatable bonds is 4. The van der Waals surface area contributed by atoms with Crippen LogP contribution in [0.5, 0.6) is 0 Å². The topological polar surface area (TPSA) is 50.2 Å². The third-order valence-electron chi connectivity index (χ3n) is 1.94. The van der Waals surface area contributed by atoms with Gasteiger partial charge in [-0.15, -0.1) is 0 Å². The van der Waals surface area contributed by atoms with Gasteiger partial charge in [-0.2, -0.15) is 0 Å². The van der Waals surface area contributed by atoms with Crippen LogP contribution in [0.15, 0.2) is 12.1 Å². The van der Waals surface area contributed by atoms with Crippen molar-refractivity contribution in [1.29, 1.82) is 0 Å². The van der Waals surface area contributed by atoms with Crippen LogP contribution in [0.2, 0.25) is 0 Å². The molecule has 0 bridgehead atoms. The standard InChI is InChI=1S/C11H15NO2/c1-3-4-9-5-8(2)12-10(6-9)7-11(13)14/h5-6H,3-4,7H2,1-2H3,(H,13,14). The highest BCUT2D eigenvalue weighted by molar-refractivity contribution is 5.69. The fraction of sp³-hybridized carbons (Fsp3) is 0.455. The summed E-state index contributed by atoms with van der Waals surface area (Å²) in [5.74, 6) is -0.828. The lowest BCUT2D eigenvalue weighted by atomic mass is 10.1. The van der Waals surface area contributed by atoms with E-state index in [1.807, 2.05) is 19.1 Å². The quantitative estimate of drug-likeness (QED) is 0.795. The predicted molar refractivity (Wildman–Crippen MR) is 54.3 cm³/mol.